The van der Waals surface area contributed by atoms with Crippen molar-refractivity contribution >= 4 is 15.7 Å². The van der Waals surface area contributed by atoms with E-state index in [4.69, 9.17) is 5.14 Å². The summed E-state index contributed by atoms with van der Waals surface area (Å²) >= 11 is 0. The quantitative estimate of drug-likeness (QED) is 0.901. The van der Waals surface area contributed by atoms with E-state index in [1.165, 1.54) is 6.42 Å². The molecule has 3 N–H and O–H groups in total. The smallest absolute Gasteiger partial charge is 0.238 e. The first-order valence-electron chi connectivity index (χ1n) is 7.17. The zero-order chi connectivity index (χ0) is 14.9. The summed E-state index contributed by atoms with van der Waals surface area (Å²) in [5, 5.41) is 8.69. The Kier molecular flexibility index (Phi) is 4.39. The molecule has 20 heavy (non-hydrogen) atoms. The minimum atomic E-state index is -3.64. The minimum Gasteiger partial charge on any atom is -0.382 e. The number of anilines is 1. The summed E-state index contributed by atoms with van der Waals surface area (Å²) in [6.45, 7) is 6.56. The van der Waals surface area contributed by atoms with Crippen LogP contribution in [-0.2, 0) is 10.0 Å². The molecule has 1 aliphatic rings. The number of aryl methyl sites for hydroxylation is 1. The Morgan fingerprint density at radius 1 is 1.20 bits per heavy atom. The molecule has 0 saturated heterocycles. The molecule has 1 aromatic rings. The molecule has 1 aromatic carbocycles. The van der Waals surface area contributed by atoms with Crippen LogP contribution in [0.3, 0.4) is 0 Å². The van der Waals surface area contributed by atoms with Crippen LogP contribution in [-0.4, -0.2) is 14.5 Å². The number of hydrogen-bond acceptors (Lipinski definition) is 3. The van der Waals surface area contributed by atoms with Gasteiger partial charge in [-0.1, -0.05) is 19.9 Å². The minimum absolute atomic E-state index is 0.169. The standard InChI is InChI=1S/C15H24N2O2S/c1-10-4-6-13(8-12(10)3)17-15-9-14(20(16,18)19)7-5-11(15)2/h5,7,9-10,12-13,17H,4,6,8H2,1-3H3,(H2,16,18,19). The zero-order valence-electron chi connectivity index (χ0n) is 12.4. The third-order valence-electron chi connectivity index (χ3n) is 4.50. The molecule has 0 heterocycles. The van der Waals surface area contributed by atoms with Crippen LogP contribution in [0.4, 0.5) is 5.69 Å². The van der Waals surface area contributed by atoms with Gasteiger partial charge in [0.15, 0.2) is 0 Å². The van der Waals surface area contributed by atoms with Crippen LogP contribution in [0.1, 0.15) is 38.7 Å². The first-order valence-corrected chi connectivity index (χ1v) is 8.72. The second-order valence-electron chi connectivity index (χ2n) is 6.13. The van der Waals surface area contributed by atoms with E-state index in [2.05, 4.69) is 19.2 Å². The van der Waals surface area contributed by atoms with Crippen molar-refractivity contribution in [1.82, 2.24) is 0 Å². The summed E-state index contributed by atoms with van der Waals surface area (Å²) in [5.74, 6) is 1.47. The molecule has 0 aromatic heterocycles. The fraction of sp³-hybridized carbons (Fsp3) is 0.600. The lowest BCUT2D eigenvalue weighted by Gasteiger charge is -2.33. The van der Waals surface area contributed by atoms with Crippen molar-refractivity contribution in [2.24, 2.45) is 17.0 Å². The number of sulfonamides is 1. The summed E-state index contributed by atoms with van der Waals surface area (Å²) in [7, 11) is -3.64. The molecule has 3 atom stereocenters. The van der Waals surface area contributed by atoms with Crippen LogP contribution in [0.15, 0.2) is 23.1 Å². The largest absolute Gasteiger partial charge is 0.382 e. The van der Waals surface area contributed by atoms with Crippen LogP contribution in [0, 0.1) is 18.8 Å². The number of benzene rings is 1. The Bertz CT molecular complexity index is 584. The maximum absolute atomic E-state index is 11.4. The number of hydrogen-bond donors (Lipinski definition) is 2. The van der Waals surface area contributed by atoms with Gasteiger partial charge in [-0.05, 0) is 55.7 Å². The van der Waals surface area contributed by atoms with Crippen molar-refractivity contribution in [2.75, 3.05) is 5.32 Å². The van der Waals surface area contributed by atoms with Gasteiger partial charge in [0, 0.05) is 11.7 Å². The van der Waals surface area contributed by atoms with Crippen LogP contribution < -0.4 is 10.5 Å². The van der Waals surface area contributed by atoms with Gasteiger partial charge in [0.1, 0.15) is 0 Å². The third kappa shape index (κ3) is 3.52. The molecule has 1 fully saturated rings. The van der Waals surface area contributed by atoms with Crippen molar-refractivity contribution in [3.8, 4) is 0 Å². The van der Waals surface area contributed by atoms with E-state index in [0.29, 0.717) is 12.0 Å². The molecule has 4 nitrogen and oxygen atoms in total. The van der Waals surface area contributed by atoms with Crippen LogP contribution >= 0.6 is 0 Å². The normalized spacial score (nSPS) is 27.3. The molecule has 0 spiro atoms. The third-order valence-corrected chi connectivity index (χ3v) is 5.41. The molecular formula is C15H24N2O2S. The SMILES string of the molecule is Cc1ccc(S(N)(=O)=O)cc1NC1CCC(C)C(C)C1. The molecule has 2 rings (SSSR count). The molecule has 0 bridgehead atoms. The number of nitrogens with two attached hydrogens (primary N) is 1. The van der Waals surface area contributed by atoms with Gasteiger partial charge in [0.2, 0.25) is 10.0 Å². The molecule has 3 unspecified atom stereocenters. The fourth-order valence-corrected chi connectivity index (χ4v) is 3.37. The predicted octanol–water partition coefficient (Wildman–Crippen LogP) is 2.88. The fourth-order valence-electron chi connectivity index (χ4n) is 2.83. The number of rotatable bonds is 3. The lowest BCUT2D eigenvalue weighted by atomic mass is 9.79. The van der Waals surface area contributed by atoms with Crippen molar-refractivity contribution in [3.63, 3.8) is 0 Å². The molecule has 112 valence electrons. The van der Waals surface area contributed by atoms with Crippen LogP contribution in [0.2, 0.25) is 0 Å². The maximum Gasteiger partial charge on any atom is 0.238 e. The highest BCUT2D eigenvalue weighted by molar-refractivity contribution is 7.89. The Balaban J connectivity index is 2.17. The lowest BCUT2D eigenvalue weighted by molar-refractivity contribution is 0.261. The van der Waals surface area contributed by atoms with E-state index in [0.717, 1.165) is 30.0 Å². The second-order valence-corrected chi connectivity index (χ2v) is 7.69. The second kappa shape index (κ2) is 5.74. The van der Waals surface area contributed by atoms with Crippen LogP contribution in [0.5, 0.6) is 0 Å². The highest BCUT2D eigenvalue weighted by atomic mass is 32.2. The van der Waals surface area contributed by atoms with Gasteiger partial charge in [0.05, 0.1) is 4.90 Å². The van der Waals surface area contributed by atoms with E-state index in [1.807, 2.05) is 6.92 Å². The van der Waals surface area contributed by atoms with Gasteiger partial charge < -0.3 is 5.32 Å². The maximum atomic E-state index is 11.4. The summed E-state index contributed by atoms with van der Waals surface area (Å²) in [4.78, 5) is 0.169. The molecular weight excluding hydrogens is 272 g/mol. The Morgan fingerprint density at radius 2 is 1.90 bits per heavy atom. The van der Waals surface area contributed by atoms with Crippen molar-refractivity contribution in [1.29, 1.82) is 0 Å². The van der Waals surface area contributed by atoms with Gasteiger partial charge in [-0.2, -0.15) is 0 Å². The molecule has 0 amide bonds. The first kappa shape index (κ1) is 15.3. The predicted molar refractivity (Wildman–Crippen MR) is 82.1 cm³/mol. The van der Waals surface area contributed by atoms with E-state index in [-0.39, 0.29) is 4.90 Å². The van der Waals surface area contributed by atoms with E-state index >= 15 is 0 Å². The van der Waals surface area contributed by atoms with Crippen molar-refractivity contribution in [3.05, 3.63) is 23.8 Å². The molecule has 1 aliphatic carbocycles. The molecule has 0 radical (unpaired) electrons. The Morgan fingerprint density at radius 3 is 2.50 bits per heavy atom. The molecule has 0 aliphatic heterocycles. The van der Waals surface area contributed by atoms with Crippen molar-refractivity contribution in [2.45, 2.75) is 51.0 Å². The number of nitrogens with one attached hydrogen (secondary N) is 1. The molecule has 5 heteroatoms. The topological polar surface area (TPSA) is 72.2 Å². The van der Waals surface area contributed by atoms with E-state index < -0.39 is 10.0 Å². The summed E-state index contributed by atoms with van der Waals surface area (Å²) in [5.41, 5.74) is 1.92. The summed E-state index contributed by atoms with van der Waals surface area (Å²) < 4.78 is 22.9. The lowest BCUT2D eigenvalue weighted by Crippen LogP contribution is -2.30. The highest BCUT2D eigenvalue weighted by Gasteiger charge is 2.24. The molecule has 1 saturated carbocycles. The van der Waals surface area contributed by atoms with Gasteiger partial charge in [-0.15, -0.1) is 0 Å². The van der Waals surface area contributed by atoms with Gasteiger partial charge in [-0.3, -0.25) is 0 Å². The first-order chi connectivity index (χ1) is 9.27. The average molecular weight is 296 g/mol. The van der Waals surface area contributed by atoms with Gasteiger partial charge >= 0.3 is 0 Å². The summed E-state index contributed by atoms with van der Waals surface area (Å²) in [6, 6.07) is 5.42. The van der Waals surface area contributed by atoms with Crippen molar-refractivity contribution < 1.29 is 8.42 Å². The number of primary sulfonamides is 1. The van der Waals surface area contributed by atoms with Gasteiger partial charge in [-0.25, -0.2) is 13.6 Å². The average Bonchev–Trinajstić information content (AvgIpc) is 2.35. The zero-order valence-corrected chi connectivity index (χ0v) is 13.2. The Labute approximate surface area is 121 Å². The Hall–Kier alpha value is -1.07. The van der Waals surface area contributed by atoms with Crippen LogP contribution in [0.25, 0.3) is 0 Å². The highest BCUT2D eigenvalue weighted by Crippen LogP contribution is 2.32. The van der Waals surface area contributed by atoms with E-state index in [1.54, 1.807) is 18.2 Å². The summed E-state index contributed by atoms with van der Waals surface area (Å²) in [6.07, 6.45) is 3.47. The van der Waals surface area contributed by atoms with E-state index in [9.17, 15) is 8.42 Å². The van der Waals surface area contributed by atoms with Gasteiger partial charge in [0.25, 0.3) is 0 Å². The monoisotopic (exact) mass is 296 g/mol.